The molecular weight excluding hydrogens is 340 g/mol. The molecule has 0 unspecified atom stereocenters. The topological polar surface area (TPSA) is 67.4 Å². The predicted octanol–water partition coefficient (Wildman–Crippen LogP) is 3.83. The van der Waals surface area contributed by atoms with E-state index in [4.69, 9.17) is 4.74 Å². The number of carbonyl (C=O) groups is 2. The minimum absolute atomic E-state index is 0.360. The third-order valence-electron chi connectivity index (χ3n) is 3.98. The standard InChI is InChI=1S/C22H20N2O3/c1-2-27-20-11-7-6-10-19(20)22(26)24-23-21(25)18-14-12-17(13-15-18)16-8-4-3-5-9-16/h3-15H,2H2,1H3,(H,23,25)(H,24,26). The molecule has 0 aromatic heterocycles. The Labute approximate surface area is 158 Å². The van der Waals surface area contributed by atoms with Crippen LogP contribution < -0.4 is 15.6 Å². The van der Waals surface area contributed by atoms with E-state index in [0.29, 0.717) is 23.5 Å². The van der Waals surface area contributed by atoms with Gasteiger partial charge in [-0.2, -0.15) is 0 Å². The first-order chi connectivity index (χ1) is 13.2. The fraction of sp³-hybridized carbons (Fsp3) is 0.0909. The maximum atomic E-state index is 12.3. The van der Waals surface area contributed by atoms with Gasteiger partial charge in [0.2, 0.25) is 0 Å². The van der Waals surface area contributed by atoms with Crippen LogP contribution in [0, 0.1) is 0 Å². The summed E-state index contributed by atoms with van der Waals surface area (Å²) in [5.41, 5.74) is 7.76. The number of hydrogen-bond acceptors (Lipinski definition) is 3. The lowest BCUT2D eigenvalue weighted by Crippen LogP contribution is -2.41. The number of ether oxygens (including phenoxy) is 1. The number of amides is 2. The lowest BCUT2D eigenvalue weighted by atomic mass is 10.0. The molecule has 0 saturated heterocycles. The van der Waals surface area contributed by atoms with Gasteiger partial charge in [0, 0.05) is 5.56 Å². The van der Waals surface area contributed by atoms with Crippen molar-refractivity contribution in [3.8, 4) is 16.9 Å². The number of hydrogen-bond donors (Lipinski definition) is 2. The van der Waals surface area contributed by atoms with E-state index in [1.807, 2.05) is 49.4 Å². The molecule has 0 spiro atoms. The summed E-state index contributed by atoms with van der Waals surface area (Å²) in [5.74, 6) is -0.357. The zero-order chi connectivity index (χ0) is 19.1. The first-order valence-corrected chi connectivity index (χ1v) is 8.67. The Hall–Kier alpha value is -3.60. The van der Waals surface area contributed by atoms with Crippen LogP contribution in [0.5, 0.6) is 5.75 Å². The summed E-state index contributed by atoms with van der Waals surface area (Å²) < 4.78 is 5.43. The molecule has 27 heavy (non-hydrogen) atoms. The predicted molar refractivity (Wildman–Crippen MR) is 104 cm³/mol. The molecule has 2 N–H and O–H groups in total. The van der Waals surface area contributed by atoms with Gasteiger partial charge in [0.15, 0.2) is 0 Å². The van der Waals surface area contributed by atoms with Crippen LogP contribution >= 0.6 is 0 Å². The molecule has 5 heteroatoms. The molecule has 3 aromatic carbocycles. The highest BCUT2D eigenvalue weighted by Crippen LogP contribution is 2.19. The van der Waals surface area contributed by atoms with Crippen molar-refractivity contribution >= 4 is 11.8 Å². The van der Waals surface area contributed by atoms with Gasteiger partial charge in [-0.15, -0.1) is 0 Å². The van der Waals surface area contributed by atoms with Crippen molar-refractivity contribution in [2.24, 2.45) is 0 Å². The zero-order valence-corrected chi connectivity index (χ0v) is 14.9. The molecule has 0 heterocycles. The Morgan fingerprint density at radius 3 is 2.04 bits per heavy atom. The molecule has 5 nitrogen and oxygen atoms in total. The second-order valence-corrected chi connectivity index (χ2v) is 5.78. The summed E-state index contributed by atoms with van der Waals surface area (Å²) in [6.45, 7) is 2.29. The summed E-state index contributed by atoms with van der Waals surface area (Å²) in [4.78, 5) is 24.6. The summed E-state index contributed by atoms with van der Waals surface area (Å²) in [5, 5.41) is 0. The molecule has 0 aliphatic rings. The van der Waals surface area contributed by atoms with Crippen molar-refractivity contribution in [2.75, 3.05) is 6.61 Å². The van der Waals surface area contributed by atoms with Crippen LogP contribution in [-0.2, 0) is 0 Å². The number of benzene rings is 3. The van der Waals surface area contributed by atoms with Gasteiger partial charge in [0.1, 0.15) is 5.75 Å². The van der Waals surface area contributed by atoms with Gasteiger partial charge in [-0.25, -0.2) is 0 Å². The van der Waals surface area contributed by atoms with E-state index < -0.39 is 11.8 Å². The van der Waals surface area contributed by atoms with Gasteiger partial charge in [0.25, 0.3) is 11.8 Å². The van der Waals surface area contributed by atoms with Crippen molar-refractivity contribution < 1.29 is 14.3 Å². The Morgan fingerprint density at radius 1 is 0.741 bits per heavy atom. The Kier molecular flexibility index (Phi) is 5.84. The van der Waals surface area contributed by atoms with Gasteiger partial charge < -0.3 is 4.74 Å². The molecule has 3 rings (SSSR count). The molecule has 0 bridgehead atoms. The van der Waals surface area contributed by atoms with Gasteiger partial charge in [-0.3, -0.25) is 20.4 Å². The lowest BCUT2D eigenvalue weighted by molar-refractivity contribution is 0.0844. The molecule has 0 fully saturated rings. The Balaban J connectivity index is 1.63. The zero-order valence-electron chi connectivity index (χ0n) is 14.9. The molecule has 0 atom stereocenters. The van der Waals surface area contributed by atoms with Crippen LogP contribution in [-0.4, -0.2) is 18.4 Å². The van der Waals surface area contributed by atoms with Crippen LogP contribution in [0.4, 0.5) is 0 Å². The average Bonchev–Trinajstić information content (AvgIpc) is 2.73. The number of hydrazine groups is 1. The van der Waals surface area contributed by atoms with Crippen molar-refractivity contribution in [3.63, 3.8) is 0 Å². The molecule has 136 valence electrons. The van der Waals surface area contributed by atoms with Crippen LogP contribution in [0.25, 0.3) is 11.1 Å². The van der Waals surface area contributed by atoms with Crippen LogP contribution in [0.2, 0.25) is 0 Å². The monoisotopic (exact) mass is 360 g/mol. The van der Waals surface area contributed by atoms with Crippen LogP contribution in [0.3, 0.4) is 0 Å². The second-order valence-electron chi connectivity index (χ2n) is 5.78. The fourth-order valence-electron chi connectivity index (χ4n) is 2.63. The van der Waals surface area contributed by atoms with Crippen LogP contribution in [0.15, 0.2) is 78.9 Å². The van der Waals surface area contributed by atoms with Crippen molar-refractivity contribution in [2.45, 2.75) is 6.92 Å². The van der Waals surface area contributed by atoms with Crippen molar-refractivity contribution in [1.82, 2.24) is 10.9 Å². The summed E-state index contributed by atoms with van der Waals surface area (Å²) in [7, 11) is 0. The van der Waals surface area contributed by atoms with E-state index in [-0.39, 0.29) is 0 Å². The summed E-state index contributed by atoms with van der Waals surface area (Å²) in [6, 6.07) is 24.0. The molecular formula is C22H20N2O3. The highest BCUT2D eigenvalue weighted by molar-refractivity contribution is 6.00. The summed E-state index contributed by atoms with van der Waals surface area (Å²) in [6.07, 6.45) is 0. The Morgan fingerprint density at radius 2 is 1.33 bits per heavy atom. The quantitative estimate of drug-likeness (QED) is 0.680. The minimum Gasteiger partial charge on any atom is -0.493 e. The molecule has 0 saturated carbocycles. The third kappa shape index (κ3) is 4.52. The molecule has 3 aromatic rings. The van der Waals surface area contributed by atoms with Crippen molar-refractivity contribution in [3.05, 3.63) is 90.0 Å². The molecule has 0 aliphatic heterocycles. The number of nitrogens with one attached hydrogen (secondary N) is 2. The maximum absolute atomic E-state index is 12.3. The van der Waals surface area contributed by atoms with Crippen LogP contribution in [0.1, 0.15) is 27.6 Å². The molecule has 0 aliphatic carbocycles. The van der Waals surface area contributed by atoms with Gasteiger partial charge in [-0.05, 0) is 42.3 Å². The Bertz CT molecular complexity index is 922. The van der Waals surface area contributed by atoms with E-state index in [1.165, 1.54) is 0 Å². The van der Waals surface area contributed by atoms with Crippen molar-refractivity contribution in [1.29, 1.82) is 0 Å². The SMILES string of the molecule is CCOc1ccccc1C(=O)NNC(=O)c1ccc(-c2ccccc2)cc1. The summed E-state index contributed by atoms with van der Waals surface area (Å²) >= 11 is 0. The van der Waals surface area contributed by atoms with E-state index in [1.54, 1.807) is 36.4 Å². The number of rotatable bonds is 5. The highest BCUT2D eigenvalue weighted by Gasteiger charge is 2.13. The second kappa shape index (κ2) is 8.67. The number of carbonyl (C=O) groups excluding carboxylic acids is 2. The highest BCUT2D eigenvalue weighted by atomic mass is 16.5. The first-order valence-electron chi connectivity index (χ1n) is 8.67. The van der Waals surface area contributed by atoms with E-state index >= 15 is 0 Å². The maximum Gasteiger partial charge on any atom is 0.273 e. The first kappa shape index (κ1) is 18.2. The van der Waals surface area contributed by atoms with E-state index in [0.717, 1.165) is 11.1 Å². The smallest absolute Gasteiger partial charge is 0.273 e. The van der Waals surface area contributed by atoms with E-state index in [2.05, 4.69) is 10.9 Å². The fourth-order valence-corrected chi connectivity index (χ4v) is 2.63. The number of para-hydroxylation sites is 1. The average molecular weight is 360 g/mol. The molecule has 0 radical (unpaired) electrons. The lowest BCUT2D eigenvalue weighted by Gasteiger charge is -2.11. The third-order valence-corrected chi connectivity index (χ3v) is 3.98. The van der Waals surface area contributed by atoms with Gasteiger partial charge in [0.05, 0.1) is 12.2 Å². The largest absolute Gasteiger partial charge is 0.493 e. The minimum atomic E-state index is -0.437. The normalized spacial score (nSPS) is 10.1. The molecule has 2 amide bonds. The van der Waals surface area contributed by atoms with Gasteiger partial charge in [-0.1, -0.05) is 54.6 Å². The van der Waals surface area contributed by atoms with E-state index in [9.17, 15) is 9.59 Å². The van der Waals surface area contributed by atoms with Gasteiger partial charge >= 0.3 is 0 Å².